The van der Waals surface area contributed by atoms with Gasteiger partial charge in [0.2, 0.25) is 11.8 Å². The summed E-state index contributed by atoms with van der Waals surface area (Å²) < 4.78 is 5.38. The third kappa shape index (κ3) is 3.11. The summed E-state index contributed by atoms with van der Waals surface area (Å²) in [7, 11) is 0. The van der Waals surface area contributed by atoms with E-state index in [9.17, 15) is 9.59 Å². The van der Waals surface area contributed by atoms with Gasteiger partial charge in [0.1, 0.15) is 12.0 Å². The molecule has 0 spiro atoms. The van der Waals surface area contributed by atoms with Crippen molar-refractivity contribution >= 4 is 28.4 Å². The molecule has 4 aromatic rings. The van der Waals surface area contributed by atoms with Crippen molar-refractivity contribution in [1.82, 2.24) is 9.97 Å². The smallest absolute Gasteiger partial charge is 0.249 e. The van der Waals surface area contributed by atoms with Crippen LogP contribution in [0.5, 0.6) is 0 Å². The van der Waals surface area contributed by atoms with Crippen LogP contribution in [0.2, 0.25) is 5.02 Å². The van der Waals surface area contributed by atoms with Crippen molar-refractivity contribution in [3.8, 4) is 11.6 Å². The normalized spacial score (nSPS) is 11.0. The highest BCUT2D eigenvalue weighted by molar-refractivity contribution is 6.32. The number of oxazole rings is 1. The van der Waals surface area contributed by atoms with Gasteiger partial charge in [-0.1, -0.05) is 41.9 Å². The van der Waals surface area contributed by atoms with Crippen molar-refractivity contribution in [3.63, 3.8) is 0 Å². The molecule has 7 heteroatoms. The maximum absolute atomic E-state index is 13.3. The number of nitrogens with one attached hydrogen (secondary N) is 1. The van der Waals surface area contributed by atoms with Crippen molar-refractivity contribution in [3.05, 3.63) is 93.3 Å². The maximum Gasteiger partial charge on any atom is 0.249 e. The fourth-order valence-corrected chi connectivity index (χ4v) is 3.18. The summed E-state index contributed by atoms with van der Waals surface area (Å²) in [6.45, 7) is 0. The van der Waals surface area contributed by atoms with E-state index in [1.165, 1.54) is 18.5 Å². The summed E-state index contributed by atoms with van der Waals surface area (Å²) in [5.74, 6) is -0.487. The Morgan fingerprint density at radius 1 is 1.22 bits per heavy atom. The summed E-state index contributed by atoms with van der Waals surface area (Å²) in [4.78, 5) is 32.4. The molecule has 3 N–H and O–H groups in total. The van der Waals surface area contributed by atoms with Gasteiger partial charge in [-0.05, 0) is 17.7 Å². The molecule has 0 fully saturated rings. The van der Waals surface area contributed by atoms with Crippen molar-refractivity contribution in [1.29, 1.82) is 0 Å². The van der Waals surface area contributed by atoms with Crippen LogP contribution in [0.1, 0.15) is 21.5 Å². The highest BCUT2D eigenvalue weighted by Gasteiger charge is 2.21. The first-order chi connectivity index (χ1) is 13.0. The Balaban J connectivity index is 2.06. The van der Waals surface area contributed by atoms with E-state index in [0.29, 0.717) is 16.8 Å². The number of aromatic amines is 1. The van der Waals surface area contributed by atoms with Crippen LogP contribution in [0, 0.1) is 6.42 Å². The number of amides is 1. The Labute approximate surface area is 158 Å². The second kappa shape index (κ2) is 6.74. The number of hydrogen-bond donors (Lipinski definition) is 2. The van der Waals surface area contributed by atoms with E-state index in [0.717, 1.165) is 5.56 Å². The van der Waals surface area contributed by atoms with Gasteiger partial charge in [-0.25, -0.2) is 4.98 Å². The summed E-state index contributed by atoms with van der Waals surface area (Å²) in [5, 5.41) is 0.453. The van der Waals surface area contributed by atoms with Gasteiger partial charge in [0.15, 0.2) is 5.43 Å². The Morgan fingerprint density at radius 3 is 2.67 bits per heavy atom. The number of aromatic nitrogens is 2. The van der Waals surface area contributed by atoms with E-state index in [4.69, 9.17) is 21.8 Å². The fourth-order valence-electron chi connectivity index (χ4n) is 2.96. The van der Waals surface area contributed by atoms with Crippen LogP contribution >= 0.6 is 11.6 Å². The molecule has 0 aliphatic rings. The van der Waals surface area contributed by atoms with E-state index in [1.807, 2.05) is 30.3 Å². The topological polar surface area (TPSA) is 102 Å². The summed E-state index contributed by atoms with van der Waals surface area (Å²) in [5.41, 5.74) is 7.03. The zero-order chi connectivity index (χ0) is 19.0. The SMILES string of the molecule is NC(=O)c1cc(Cl)cc2[nH]c(-c3ncco3)c([CH]c3ccccc3)c(=O)c12. The lowest BCUT2D eigenvalue weighted by atomic mass is 9.98. The standard InChI is InChI=1S/C20H13ClN3O3/c21-12-9-13(19(22)26)16-15(10-12)24-17(20-23-6-7-27-20)14(18(16)25)8-11-4-2-1-3-5-11/h1-10H,(H2,22,26)(H,24,25). The number of primary amides is 1. The third-order valence-corrected chi connectivity index (χ3v) is 4.34. The van der Waals surface area contributed by atoms with Gasteiger partial charge < -0.3 is 15.1 Å². The van der Waals surface area contributed by atoms with Gasteiger partial charge in [0.25, 0.3) is 0 Å². The predicted octanol–water partition coefficient (Wildman–Crippen LogP) is 3.54. The minimum atomic E-state index is -0.734. The van der Waals surface area contributed by atoms with Crippen LogP contribution in [0.3, 0.4) is 0 Å². The second-order valence-corrected chi connectivity index (χ2v) is 6.31. The van der Waals surface area contributed by atoms with Crippen LogP contribution in [0.15, 0.2) is 64.1 Å². The Hall–Kier alpha value is -3.38. The van der Waals surface area contributed by atoms with Crippen molar-refractivity contribution < 1.29 is 9.21 Å². The molecule has 0 atom stereocenters. The third-order valence-electron chi connectivity index (χ3n) is 4.13. The molecule has 1 radical (unpaired) electrons. The van der Waals surface area contributed by atoms with E-state index in [-0.39, 0.29) is 27.3 Å². The summed E-state index contributed by atoms with van der Waals surface area (Å²) in [6.07, 6.45) is 4.60. The average molecular weight is 379 g/mol. The number of carbonyl (C=O) groups excluding carboxylic acids is 1. The number of nitrogens with zero attached hydrogens (tertiary/aromatic N) is 1. The summed E-state index contributed by atoms with van der Waals surface area (Å²) in [6, 6.07) is 12.3. The number of halogens is 1. The molecule has 1 amide bonds. The van der Waals surface area contributed by atoms with Crippen molar-refractivity contribution in [2.75, 3.05) is 0 Å². The number of H-pyrrole nitrogens is 1. The van der Waals surface area contributed by atoms with Crippen LogP contribution in [0.25, 0.3) is 22.5 Å². The van der Waals surface area contributed by atoms with E-state index < -0.39 is 5.91 Å². The first kappa shape index (κ1) is 17.1. The van der Waals surface area contributed by atoms with Gasteiger partial charge in [-0.3, -0.25) is 9.59 Å². The molecule has 6 nitrogen and oxygen atoms in total. The zero-order valence-electron chi connectivity index (χ0n) is 13.9. The number of hydrogen-bond acceptors (Lipinski definition) is 4. The first-order valence-corrected chi connectivity index (χ1v) is 8.41. The number of benzene rings is 2. The Bertz CT molecular complexity index is 1200. The quantitative estimate of drug-likeness (QED) is 0.567. The molecular weight excluding hydrogens is 366 g/mol. The highest BCUT2D eigenvalue weighted by Crippen LogP contribution is 2.27. The van der Waals surface area contributed by atoms with E-state index >= 15 is 0 Å². The minimum Gasteiger partial charge on any atom is -0.443 e. The molecule has 27 heavy (non-hydrogen) atoms. The minimum absolute atomic E-state index is 0.0559. The molecule has 0 aliphatic heterocycles. The Morgan fingerprint density at radius 2 is 2.00 bits per heavy atom. The zero-order valence-corrected chi connectivity index (χ0v) is 14.7. The summed E-state index contributed by atoms with van der Waals surface area (Å²) >= 11 is 6.09. The van der Waals surface area contributed by atoms with Crippen LogP contribution in [-0.4, -0.2) is 15.9 Å². The first-order valence-electron chi connectivity index (χ1n) is 8.03. The van der Waals surface area contributed by atoms with Crippen molar-refractivity contribution in [2.45, 2.75) is 0 Å². The number of carbonyl (C=O) groups is 1. The molecule has 2 aromatic carbocycles. The van der Waals surface area contributed by atoms with Gasteiger partial charge in [0.05, 0.1) is 22.7 Å². The number of fused-ring (bicyclic) bond motifs is 1. The molecule has 0 saturated carbocycles. The second-order valence-electron chi connectivity index (χ2n) is 5.88. The van der Waals surface area contributed by atoms with Gasteiger partial charge >= 0.3 is 0 Å². The lowest BCUT2D eigenvalue weighted by Crippen LogP contribution is -2.19. The molecule has 133 valence electrons. The van der Waals surface area contributed by atoms with Gasteiger partial charge in [-0.15, -0.1) is 0 Å². The fraction of sp³-hybridized carbons (Fsp3) is 0. The van der Waals surface area contributed by atoms with Gasteiger partial charge in [0, 0.05) is 17.0 Å². The predicted molar refractivity (Wildman–Crippen MR) is 103 cm³/mol. The molecule has 0 bridgehead atoms. The Kier molecular flexibility index (Phi) is 4.25. The number of pyridine rings is 1. The molecular formula is C20H13ClN3O3. The van der Waals surface area contributed by atoms with E-state index in [1.54, 1.807) is 12.5 Å². The molecule has 0 aliphatic carbocycles. The highest BCUT2D eigenvalue weighted by atomic mass is 35.5. The van der Waals surface area contributed by atoms with Gasteiger partial charge in [-0.2, -0.15) is 0 Å². The number of rotatable bonds is 4. The molecule has 0 unspecified atom stereocenters. The molecule has 2 heterocycles. The largest absolute Gasteiger partial charge is 0.443 e. The maximum atomic E-state index is 13.3. The lowest BCUT2D eigenvalue weighted by molar-refractivity contribution is 0.100. The van der Waals surface area contributed by atoms with Crippen molar-refractivity contribution in [2.24, 2.45) is 5.73 Å². The average Bonchev–Trinajstić information content (AvgIpc) is 3.18. The van der Waals surface area contributed by atoms with Crippen LogP contribution < -0.4 is 11.2 Å². The molecule has 4 rings (SSSR count). The number of nitrogens with two attached hydrogens (primary N) is 1. The van der Waals surface area contributed by atoms with E-state index in [2.05, 4.69) is 9.97 Å². The lowest BCUT2D eigenvalue weighted by Gasteiger charge is -2.11. The monoisotopic (exact) mass is 378 g/mol. The van der Waals surface area contributed by atoms with Crippen LogP contribution in [0.4, 0.5) is 0 Å². The molecule has 0 saturated heterocycles. The van der Waals surface area contributed by atoms with Crippen LogP contribution in [-0.2, 0) is 0 Å². The molecule has 2 aromatic heterocycles.